The lowest BCUT2D eigenvalue weighted by Crippen LogP contribution is -2.23. The molecule has 5 aromatic carbocycles. The molecule has 0 radical (unpaired) electrons. The first-order valence-electron chi connectivity index (χ1n) is 10.8. The van der Waals surface area contributed by atoms with E-state index < -0.39 is 26.6 Å². The quantitative estimate of drug-likeness (QED) is 0.247. The van der Waals surface area contributed by atoms with Crippen LogP contribution < -0.4 is 5.32 Å². The average Bonchev–Trinajstić information content (AvgIpc) is 2.85. The Labute approximate surface area is 200 Å². The Kier molecular flexibility index (Phi) is 4.60. The molecule has 0 saturated carbocycles. The van der Waals surface area contributed by atoms with Crippen molar-refractivity contribution in [1.82, 2.24) is 0 Å². The van der Waals surface area contributed by atoms with E-state index in [0.29, 0.717) is 5.69 Å². The molecular weight excluding hydrogens is 462 g/mol. The van der Waals surface area contributed by atoms with Gasteiger partial charge in [-0.2, -0.15) is 8.42 Å². The van der Waals surface area contributed by atoms with Gasteiger partial charge in [0.05, 0.1) is 16.1 Å². The molecule has 0 spiro atoms. The summed E-state index contributed by atoms with van der Waals surface area (Å²) < 4.78 is 33.7. The lowest BCUT2D eigenvalue weighted by Gasteiger charge is -2.22. The largest absolute Gasteiger partial charge is 0.355 e. The normalized spacial score (nSPS) is 13.1. The Balaban J connectivity index is 1.53. The Morgan fingerprint density at radius 3 is 1.89 bits per heavy atom. The number of anilines is 2. The molecule has 5 aromatic rings. The number of ketones is 2. The van der Waals surface area contributed by atoms with Crippen molar-refractivity contribution in [3.05, 3.63) is 113 Å². The Bertz CT molecular complexity index is 1840. The fourth-order valence-electron chi connectivity index (χ4n) is 4.62. The number of fused-ring (bicyclic) bond motifs is 4. The maximum atomic E-state index is 13.4. The van der Waals surface area contributed by atoms with E-state index in [2.05, 4.69) is 11.4 Å². The van der Waals surface area contributed by atoms with Gasteiger partial charge in [0.2, 0.25) is 0 Å². The van der Waals surface area contributed by atoms with Crippen LogP contribution in [-0.2, 0) is 10.1 Å². The predicted molar refractivity (Wildman–Crippen MR) is 134 cm³/mol. The highest BCUT2D eigenvalue weighted by Gasteiger charge is 2.33. The number of carbonyl (C=O) groups excluding carboxylic acids is 2. The highest BCUT2D eigenvalue weighted by molar-refractivity contribution is 7.85. The van der Waals surface area contributed by atoms with Gasteiger partial charge in [0.25, 0.3) is 10.1 Å². The highest BCUT2D eigenvalue weighted by atomic mass is 32.2. The van der Waals surface area contributed by atoms with Crippen LogP contribution in [0.5, 0.6) is 0 Å². The van der Waals surface area contributed by atoms with Crippen molar-refractivity contribution in [3.8, 4) is 0 Å². The van der Waals surface area contributed by atoms with Crippen molar-refractivity contribution in [1.29, 1.82) is 0 Å². The van der Waals surface area contributed by atoms with E-state index >= 15 is 0 Å². The summed E-state index contributed by atoms with van der Waals surface area (Å²) >= 11 is 0. The van der Waals surface area contributed by atoms with Gasteiger partial charge in [0.15, 0.2) is 11.6 Å². The van der Waals surface area contributed by atoms with Gasteiger partial charge in [-0.15, -0.1) is 0 Å². The zero-order valence-electron chi connectivity index (χ0n) is 18.1. The fraction of sp³-hybridized carbons (Fsp3) is 0. The monoisotopic (exact) mass is 479 g/mol. The van der Waals surface area contributed by atoms with Gasteiger partial charge in [0, 0.05) is 22.4 Å². The number of benzene rings is 5. The molecule has 0 atom stereocenters. The third-order valence-corrected chi connectivity index (χ3v) is 7.11. The van der Waals surface area contributed by atoms with E-state index in [1.165, 1.54) is 12.1 Å². The van der Waals surface area contributed by atoms with Crippen LogP contribution in [0.4, 0.5) is 11.4 Å². The molecule has 2 N–H and O–H groups in total. The van der Waals surface area contributed by atoms with E-state index in [9.17, 15) is 22.6 Å². The van der Waals surface area contributed by atoms with Gasteiger partial charge < -0.3 is 5.32 Å². The maximum absolute atomic E-state index is 13.4. The van der Waals surface area contributed by atoms with Crippen molar-refractivity contribution in [2.45, 2.75) is 4.90 Å². The average molecular weight is 480 g/mol. The lowest BCUT2D eigenvalue weighted by atomic mass is 9.83. The first-order chi connectivity index (χ1) is 16.8. The van der Waals surface area contributed by atoms with Gasteiger partial charge in [-0.1, -0.05) is 54.6 Å². The van der Waals surface area contributed by atoms with E-state index in [0.717, 1.165) is 27.6 Å². The maximum Gasteiger partial charge on any atom is 0.294 e. The summed E-state index contributed by atoms with van der Waals surface area (Å²) in [6, 6.07) is 26.4. The summed E-state index contributed by atoms with van der Waals surface area (Å²) in [5, 5.41) is 7.26. The molecule has 0 aromatic heterocycles. The second-order valence-corrected chi connectivity index (χ2v) is 9.88. The minimum Gasteiger partial charge on any atom is -0.355 e. The van der Waals surface area contributed by atoms with Crippen molar-refractivity contribution in [3.63, 3.8) is 0 Å². The summed E-state index contributed by atoms with van der Waals surface area (Å²) in [6.07, 6.45) is 0. The van der Waals surface area contributed by atoms with Crippen LogP contribution >= 0.6 is 0 Å². The minimum atomic E-state index is -4.63. The smallest absolute Gasteiger partial charge is 0.294 e. The van der Waals surface area contributed by atoms with Crippen LogP contribution in [0.3, 0.4) is 0 Å². The Morgan fingerprint density at radius 1 is 0.600 bits per heavy atom. The SMILES string of the molecule is O=C1c2ccccc2C(=O)c2c(Nc3ccc4cc5ccccc5cc4c3)cc(S(=O)(=O)O)cc21. The number of carbonyl (C=O) groups is 2. The van der Waals surface area contributed by atoms with Gasteiger partial charge in [0.1, 0.15) is 0 Å². The first-order valence-corrected chi connectivity index (χ1v) is 12.3. The summed E-state index contributed by atoms with van der Waals surface area (Å²) in [4.78, 5) is 26.1. The van der Waals surface area contributed by atoms with Crippen LogP contribution in [0, 0.1) is 0 Å². The molecule has 0 heterocycles. The minimum absolute atomic E-state index is 0.0692. The van der Waals surface area contributed by atoms with Crippen LogP contribution in [0.25, 0.3) is 21.5 Å². The molecule has 1 aliphatic rings. The molecule has 7 heteroatoms. The molecule has 1 aliphatic carbocycles. The summed E-state index contributed by atoms with van der Waals surface area (Å²) in [5.41, 5.74) is 1.17. The van der Waals surface area contributed by atoms with Crippen molar-refractivity contribution in [2.75, 3.05) is 5.32 Å². The summed E-state index contributed by atoms with van der Waals surface area (Å²) in [5.74, 6) is -0.875. The van der Waals surface area contributed by atoms with Crippen molar-refractivity contribution in [2.24, 2.45) is 0 Å². The fourth-order valence-corrected chi connectivity index (χ4v) is 5.15. The van der Waals surface area contributed by atoms with Crippen LogP contribution in [0.1, 0.15) is 31.8 Å². The predicted octanol–water partition coefficient (Wildman–Crippen LogP) is 5.76. The van der Waals surface area contributed by atoms with E-state index in [1.54, 1.807) is 18.2 Å². The molecule has 0 amide bonds. The molecule has 0 aliphatic heterocycles. The standard InChI is InChI=1S/C28H17NO5S/c30-27-22-7-3-4-8-23(22)28(31)26-24(27)14-21(35(32,33)34)15-25(26)29-20-10-9-18-11-16-5-1-2-6-17(16)12-19(18)13-20/h1-15,29H,(H,32,33,34). The zero-order chi connectivity index (χ0) is 24.3. The van der Waals surface area contributed by atoms with Gasteiger partial charge >= 0.3 is 0 Å². The zero-order valence-corrected chi connectivity index (χ0v) is 19.0. The Morgan fingerprint density at radius 2 is 1.20 bits per heavy atom. The molecule has 0 fully saturated rings. The number of rotatable bonds is 3. The van der Waals surface area contributed by atoms with Crippen LogP contribution in [0.15, 0.2) is 95.9 Å². The third kappa shape index (κ3) is 3.49. The second-order valence-electron chi connectivity index (χ2n) is 8.46. The molecule has 35 heavy (non-hydrogen) atoms. The first kappa shape index (κ1) is 21.2. The van der Waals surface area contributed by atoms with Gasteiger partial charge in [-0.3, -0.25) is 14.1 Å². The molecular formula is C28H17NO5S. The van der Waals surface area contributed by atoms with Crippen LogP contribution in [0.2, 0.25) is 0 Å². The van der Waals surface area contributed by atoms with Gasteiger partial charge in [-0.05, 0) is 57.9 Å². The second kappa shape index (κ2) is 7.59. The summed E-state index contributed by atoms with van der Waals surface area (Å²) in [6.45, 7) is 0. The molecule has 0 saturated heterocycles. The lowest BCUT2D eigenvalue weighted by molar-refractivity contribution is 0.0979. The Hall–Kier alpha value is -4.33. The number of hydrogen-bond donors (Lipinski definition) is 2. The topological polar surface area (TPSA) is 101 Å². The molecule has 0 unspecified atom stereocenters. The third-order valence-electron chi connectivity index (χ3n) is 6.28. The van der Waals surface area contributed by atoms with Gasteiger partial charge in [-0.25, -0.2) is 0 Å². The van der Waals surface area contributed by atoms with Crippen LogP contribution in [-0.4, -0.2) is 24.5 Å². The molecule has 0 bridgehead atoms. The van der Waals surface area contributed by atoms with E-state index in [-0.39, 0.29) is 27.9 Å². The van der Waals surface area contributed by atoms with E-state index in [1.807, 2.05) is 48.5 Å². The van der Waals surface area contributed by atoms with E-state index in [4.69, 9.17) is 0 Å². The number of hydrogen-bond acceptors (Lipinski definition) is 5. The number of nitrogens with one attached hydrogen (secondary N) is 1. The molecule has 6 nitrogen and oxygen atoms in total. The van der Waals surface area contributed by atoms with Crippen molar-refractivity contribution >= 4 is 54.6 Å². The highest BCUT2D eigenvalue weighted by Crippen LogP contribution is 2.36. The molecule has 6 rings (SSSR count). The molecule has 170 valence electrons. The van der Waals surface area contributed by atoms with Crippen molar-refractivity contribution < 1.29 is 22.6 Å². The summed E-state index contributed by atoms with van der Waals surface area (Å²) in [7, 11) is -4.63.